The van der Waals surface area contributed by atoms with Crippen molar-refractivity contribution in [2.45, 2.75) is 19.1 Å². The van der Waals surface area contributed by atoms with Crippen LogP contribution in [0.4, 0.5) is 13.2 Å². The number of nitrogens with two attached hydrogens (primary N) is 1. The maximum absolute atomic E-state index is 12.6. The van der Waals surface area contributed by atoms with Crippen molar-refractivity contribution in [3.63, 3.8) is 0 Å². The highest BCUT2D eigenvalue weighted by atomic mass is 79.9. The van der Waals surface area contributed by atoms with Crippen molar-refractivity contribution in [3.05, 3.63) is 33.8 Å². The topological polar surface area (TPSA) is 72.2 Å². The van der Waals surface area contributed by atoms with Gasteiger partial charge in [-0.15, -0.1) is 0 Å². The van der Waals surface area contributed by atoms with Gasteiger partial charge in [0.1, 0.15) is 6.04 Å². The predicted octanol–water partition coefficient (Wildman–Crippen LogP) is 2.07. The molecule has 1 aromatic rings. The largest absolute Gasteiger partial charge is 0.416 e. The van der Waals surface area contributed by atoms with Crippen molar-refractivity contribution < 1.29 is 22.8 Å². The minimum atomic E-state index is -4.56. The molecule has 0 spiro atoms. The number of nitrogens with one attached hydrogen (secondary N) is 1. The second-order valence-electron chi connectivity index (χ2n) is 3.82. The number of carbonyl (C=O) groups excluding carboxylic acids is 2. The zero-order valence-electron chi connectivity index (χ0n) is 9.72. The van der Waals surface area contributed by atoms with Gasteiger partial charge in [0, 0.05) is 10.0 Å². The molecule has 19 heavy (non-hydrogen) atoms. The van der Waals surface area contributed by atoms with Crippen molar-refractivity contribution >= 4 is 27.7 Å². The summed E-state index contributed by atoms with van der Waals surface area (Å²) in [5.74, 6) is -1.59. The Bertz CT molecular complexity index is 517. The van der Waals surface area contributed by atoms with Crippen LogP contribution in [0.3, 0.4) is 0 Å². The summed E-state index contributed by atoms with van der Waals surface area (Å²) in [6, 6.07) is 1.81. The van der Waals surface area contributed by atoms with Gasteiger partial charge >= 0.3 is 6.18 Å². The molecular weight excluding hydrogens is 329 g/mol. The lowest BCUT2D eigenvalue weighted by molar-refractivity contribution is -0.137. The van der Waals surface area contributed by atoms with E-state index in [4.69, 9.17) is 5.73 Å². The molecule has 0 aliphatic rings. The maximum Gasteiger partial charge on any atom is 0.416 e. The summed E-state index contributed by atoms with van der Waals surface area (Å²) < 4.78 is 37.8. The fourth-order valence-corrected chi connectivity index (χ4v) is 1.73. The molecule has 3 N–H and O–H groups in total. The number of carbonyl (C=O) groups is 2. The number of amides is 2. The lowest BCUT2D eigenvalue weighted by Crippen LogP contribution is -2.42. The Balaban J connectivity index is 3.04. The van der Waals surface area contributed by atoms with Gasteiger partial charge in [0.05, 0.1) is 5.56 Å². The molecule has 0 saturated carbocycles. The SMILES string of the molecule is CC(NC(=O)c1cc(Br)cc(C(F)(F)F)c1)C(N)=O. The lowest BCUT2D eigenvalue weighted by atomic mass is 10.1. The highest BCUT2D eigenvalue weighted by molar-refractivity contribution is 9.10. The van der Waals surface area contributed by atoms with Crippen molar-refractivity contribution in [1.82, 2.24) is 5.32 Å². The molecule has 0 heterocycles. The highest BCUT2D eigenvalue weighted by Crippen LogP contribution is 2.31. The molecular formula is C11H10BrF3N2O2. The van der Waals surface area contributed by atoms with Gasteiger partial charge in [0.25, 0.3) is 5.91 Å². The van der Waals surface area contributed by atoms with E-state index in [2.05, 4.69) is 21.2 Å². The summed E-state index contributed by atoms with van der Waals surface area (Å²) in [6.07, 6.45) is -4.56. The molecule has 1 aromatic carbocycles. The lowest BCUT2D eigenvalue weighted by Gasteiger charge is -2.12. The maximum atomic E-state index is 12.6. The zero-order valence-corrected chi connectivity index (χ0v) is 11.3. The van der Waals surface area contributed by atoms with Crippen LogP contribution < -0.4 is 11.1 Å². The second-order valence-corrected chi connectivity index (χ2v) is 4.74. The van der Waals surface area contributed by atoms with Crippen molar-refractivity contribution in [1.29, 1.82) is 0 Å². The first-order chi connectivity index (χ1) is 8.61. The summed E-state index contributed by atoms with van der Waals surface area (Å²) in [4.78, 5) is 22.5. The van der Waals surface area contributed by atoms with E-state index in [0.717, 1.165) is 6.07 Å². The van der Waals surface area contributed by atoms with E-state index in [1.165, 1.54) is 13.0 Å². The number of rotatable bonds is 3. The van der Waals surface area contributed by atoms with Crippen molar-refractivity contribution in [3.8, 4) is 0 Å². The Hall–Kier alpha value is -1.57. The first-order valence-corrected chi connectivity index (χ1v) is 5.88. The third-order valence-electron chi connectivity index (χ3n) is 2.26. The summed E-state index contributed by atoms with van der Waals surface area (Å²) in [5.41, 5.74) is 3.78. The van der Waals surface area contributed by atoms with E-state index in [0.29, 0.717) is 6.07 Å². The molecule has 0 aliphatic heterocycles. The third kappa shape index (κ3) is 4.23. The number of hydrogen-bond acceptors (Lipinski definition) is 2. The van der Waals surface area contributed by atoms with Crippen LogP contribution in [-0.2, 0) is 11.0 Å². The quantitative estimate of drug-likeness (QED) is 0.885. The fraction of sp³-hybridized carbons (Fsp3) is 0.273. The molecule has 0 saturated heterocycles. The predicted molar refractivity (Wildman–Crippen MR) is 65.3 cm³/mol. The smallest absolute Gasteiger partial charge is 0.368 e. The molecule has 4 nitrogen and oxygen atoms in total. The average molecular weight is 339 g/mol. The van der Waals surface area contributed by atoms with E-state index >= 15 is 0 Å². The van der Waals surface area contributed by atoms with Gasteiger partial charge in [-0.1, -0.05) is 15.9 Å². The molecule has 8 heteroatoms. The highest BCUT2D eigenvalue weighted by Gasteiger charge is 2.31. The Morgan fingerprint density at radius 2 is 1.89 bits per heavy atom. The van der Waals surface area contributed by atoms with Gasteiger partial charge in [-0.3, -0.25) is 9.59 Å². The van der Waals surface area contributed by atoms with Gasteiger partial charge in [0.15, 0.2) is 0 Å². The van der Waals surface area contributed by atoms with Gasteiger partial charge in [-0.2, -0.15) is 13.2 Å². The first-order valence-electron chi connectivity index (χ1n) is 5.09. The van der Waals surface area contributed by atoms with Crippen LogP contribution in [-0.4, -0.2) is 17.9 Å². The zero-order chi connectivity index (χ0) is 14.8. The van der Waals surface area contributed by atoms with E-state index in [1.807, 2.05) is 0 Å². The van der Waals surface area contributed by atoms with Crippen molar-refractivity contribution in [2.24, 2.45) is 5.73 Å². The van der Waals surface area contributed by atoms with Crippen LogP contribution in [0, 0.1) is 0 Å². The first kappa shape index (κ1) is 15.5. The number of primary amides is 1. The molecule has 1 rings (SSSR count). The van der Waals surface area contributed by atoms with E-state index in [1.54, 1.807) is 0 Å². The second kappa shape index (κ2) is 5.60. The number of alkyl halides is 3. The van der Waals surface area contributed by atoms with Crippen LogP contribution >= 0.6 is 15.9 Å². The number of benzene rings is 1. The average Bonchev–Trinajstić information content (AvgIpc) is 2.26. The normalized spacial score (nSPS) is 12.9. The van der Waals surface area contributed by atoms with Crippen LogP contribution in [0.1, 0.15) is 22.8 Å². The monoisotopic (exact) mass is 338 g/mol. The summed E-state index contributed by atoms with van der Waals surface area (Å²) >= 11 is 2.90. The molecule has 0 aliphatic carbocycles. The Morgan fingerprint density at radius 3 is 2.37 bits per heavy atom. The minimum absolute atomic E-state index is 0.110. The fourth-order valence-electron chi connectivity index (χ4n) is 1.24. The molecule has 104 valence electrons. The van der Waals surface area contributed by atoms with E-state index in [9.17, 15) is 22.8 Å². The molecule has 0 radical (unpaired) electrons. The van der Waals surface area contributed by atoms with E-state index in [-0.39, 0.29) is 10.0 Å². The third-order valence-corrected chi connectivity index (χ3v) is 2.72. The van der Waals surface area contributed by atoms with Crippen LogP contribution in [0.5, 0.6) is 0 Å². The van der Waals surface area contributed by atoms with Gasteiger partial charge in [-0.05, 0) is 25.1 Å². The molecule has 1 unspecified atom stereocenters. The van der Waals surface area contributed by atoms with Crippen molar-refractivity contribution in [2.75, 3.05) is 0 Å². The van der Waals surface area contributed by atoms with Gasteiger partial charge in [-0.25, -0.2) is 0 Å². The minimum Gasteiger partial charge on any atom is -0.368 e. The van der Waals surface area contributed by atoms with Crippen LogP contribution in [0.15, 0.2) is 22.7 Å². The summed E-state index contributed by atoms with van der Waals surface area (Å²) in [5, 5.41) is 2.20. The number of hydrogen-bond donors (Lipinski definition) is 2. The molecule has 0 fully saturated rings. The van der Waals surface area contributed by atoms with E-state index < -0.39 is 29.6 Å². The molecule has 0 aromatic heterocycles. The molecule has 1 atom stereocenters. The standard InChI is InChI=1S/C11H10BrF3N2O2/c1-5(9(16)18)17-10(19)6-2-7(11(13,14)15)4-8(12)3-6/h2-5H,1H3,(H2,16,18)(H,17,19). The van der Waals surface area contributed by atoms with Gasteiger partial charge in [0.2, 0.25) is 5.91 Å². The number of halogens is 4. The van der Waals surface area contributed by atoms with Crippen LogP contribution in [0.25, 0.3) is 0 Å². The Kier molecular flexibility index (Phi) is 4.56. The Morgan fingerprint density at radius 1 is 1.32 bits per heavy atom. The Labute approximate surface area is 115 Å². The van der Waals surface area contributed by atoms with Crippen LogP contribution in [0.2, 0.25) is 0 Å². The van der Waals surface area contributed by atoms with Gasteiger partial charge < -0.3 is 11.1 Å². The summed E-state index contributed by atoms with van der Waals surface area (Å²) in [7, 11) is 0. The molecule has 0 bridgehead atoms. The summed E-state index contributed by atoms with van der Waals surface area (Å²) in [6.45, 7) is 1.34. The molecule has 2 amide bonds.